The number of rotatable bonds is 12. The molecule has 0 saturated heterocycles. The highest BCUT2D eigenvalue weighted by atomic mass is 19.1. The molecule has 0 unspecified atom stereocenters. The van der Waals surface area contributed by atoms with Crippen LogP contribution in [0.3, 0.4) is 0 Å². The Morgan fingerprint density at radius 3 is 1.55 bits per heavy atom. The first kappa shape index (κ1) is 33.7. The first-order valence-corrected chi connectivity index (χ1v) is 15.0. The maximum Gasteiger partial charge on any atom is 0.337 e. The fourth-order valence-electron chi connectivity index (χ4n) is 4.98. The molecule has 18 heteroatoms. The van der Waals surface area contributed by atoms with Crippen LogP contribution < -0.4 is 10.6 Å². The maximum atomic E-state index is 15.2. The van der Waals surface area contributed by atoms with Gasteiger partial charge in [0.05, 0.1) is 22.5 Å². The number of aromatic nitrogens is 8. The van der Waals surface area contributed by atoms with Gasteiger partial charge in [-0.2, -0.15) is 0 Å². The van der Waals surface area contributed by atoms with Crippen LogP contribution in [-0.2, 0) is 12.8 Å². The van der Waals surface area contributed by atoms with E-state index in [1.165, 1.54) is 49.3 Å². The Labute approximate surface area is 285 Å². The van der Waals surface area contributed by atoms with Gasteiger partial charge in [-0.05, 0) is 78.9 Å². The number of carbonyl (C=O) groups excluding carboxylic acids is 2. The van der Waals surface area contributed by atoms with Crippen LogP contribution in [0.2, 0.25) is 0 Å². The third-order valence-electron chi connectivity index (χ3n) is 7.53. The van der Waals surface area contributed by atoms with Crippen LogP contribution in [0, 0.1) is 11.6 Å². The van der Waals surface area contributed by atoms with Crippen molar-refractivity contribution in [3.8, 4) is 11.6 Å². The smallest absolute Gasteiger partial charge is 0.337 e. The van der Waals surface area contributed by atoms with E-state index in [-0.39, 0.29) is 53.2 Å². The average molecular weight is 695 g/mol. The van der Waals surface area contributed by atoms with Crippen molar-refractivity contribution in [2.24, 2.45) is 0 Å². The molecule has 0 aliphatic rings. The summed E-state index contributed by atoms with van der Waals surface area (Å²) in [5.41, 5.74) is -1.72. The largest absolute Gasteiger partial charge is 0.478 e. The van der Waals surface area contributed by atoms with E-state index in [1.807, 2.05) is 0 Å². The Bertz CT molecular complexity index is 2250. The highest BCUT2D eigenvalue weighted by Gasteiger charge is 2.21. The summed E-state index contributed by atoms with van der Waals surface area (Å²) in [6.45, 7) is 0. The number of imidazole rings is 2. The monoisotopic (exact) mass is 694 g/mol. The van der Waals surface area contributed by atoms with Gasteiger partial charge in [0.1, 0.15) is 24.3 Å². The van der Waals surface area contributed by atoms with Gasteiger partial charge >= 0.3 is 11.9 Å². The molecule has 0 aliphatic heterocycles. The number of carbonyl (C=O) groups is 4. The number of halogens is 2. The number of carboxylic acids is 2. The van der Waals surface area contributed by atoms with Crippen molar-refractivity contribution >= 4 is 35.1 Å². The lowest BCUT2D eigenvalue weighted by Crippen LogP contribution is -2.18. The second kappa shape index (κ2) is 14.5. The molecule has 6 rings (SSSR count). The number of hydrogen-bond donors (Lipinski definition) is 4. The van der Waals surface area contributed by atoms with Crippen molar-refractivity contribution in [1.82, 2.24) is 39.5 Å². The molecule has 0 aliphatic carbocycles. The minimum Gasteiger partial charge on any atom is -0.478 e. The number of amides is 2. The minimum atomic E-state index is -1.49. The number of carboxylic acid groups (broad SMARTS) is 2. The molecule has 2 aromatic carbocycles. The molecule has 0 saturated carbocycles. The molecule has 51 heavy (non-hydrogen) atoms. The van der Waals surface area contributed by atoms with E-state index in [2.05, 4.69) is 41.0 Å². The molecule has 0 bridgehead atoms. The van der Waals surface area contributed by atoms with Gasteiger partial charge in [-0.3, -0.25) is 18.7 Å². The van der Waals surface area contributed by atoms with Gasteiger partial charge in [-0.25, -0.2) is 28.3 Å². The Morgan fingerprint density at radius 2 is 1.10 bits per heavy atom. The third kappa shape index (κ3) is 7.59. The fourth-order valence-corrected chi connectivity index (χ4v) is 4.98. The zero-order valence-electron chi connectivity index (χ0n) is 26.1. The first-order valence-electron chi connectivity index (χ1n) is 15.0. The van der Waals surface area contributed by atoms with E-state index < -0.39 is 46.5 Å². The summed E-state index contributed by atoms with van der Waals surface area (Å²) in [6.07, 6.45) is 9.29. The lowest BCUT2D eigenvalue weighted by molar-refractivity contribution is 0.0686. The van der Waals surface area contributed by atoms with Crippen molar-refractivity contribution in [1.29, 1.82) is 0 Å². The van der Waals surface area contributed by atoms with Crippen molar-refractivity contribution < 1.29 is 38.2 Å². The van der Waals surface area contributed by atoms with Crippen LogP contribution in [-0.4, -0.2) is 73.5 Å². The summed E-state index contributed by atoms with van der Waals surface area (Å²) in [6, 6.07) is 9.58. The molecule has 2 amide bonds. The van der Waals surface area contributed by atoms with Gasteiger partial charge < -0.3 is 20.8 Å². The first-order chi connectivity index (χ1) is 24.6. The quantitative estimate of drug-likeness (QED) is 0.143. The fraction of sp³-hybridized carbons (Fsp3) is 0.0909. The van der Waals surface area contributed by atoms with E-state index in [9.17, 15) is 29.4 Å². The van der Waals surface area contributed by atoms with Gasteiger partial charge in [0, 0.05) is 24.8 Å². The molecule has 0 spiro atoms. The number of aromatic carboxylic acids is 2. The van der Waals surface area contributed by atoms with Crippen LogP contribution in [0.1, 0.15) is 59.2 Å². The number of hydrogen-bond acceptors (Lipinski definition) is 10. The lowest BCUT2D eigenvalue weighted by atomic mass is 9.99. The molecule has 256 valence electrons. The topological polar surface area (TPSA) is 220 Å². The van der Waals surface area contributed by atoms with Gasteiger partial charge in [0.25, 0.3) is 11.8 Å². The van der Waals surface area contributed by atoms with Crippen LogP contribution in [0.15, 0.2) is 86.0 Å². The number of aryl methyl sites for hydroxylation is 2. The second-order valence-electron chi connectivity index (χ2n) is 10.8. The van der Waals surface area contributed by atoms with E-state index in [0.29, 0.717) is 11.6 Å². The molecule has 4 N–H and O–H groups in total. The normalized spacial score (nSPS) is 10.9. The summed E-state index contributed by atoms with van der Waals surface area (Å²) in [5.74, 6) is -5.49. The highest BCUT2D eigenvalue weighted by Crippen LogP contribution is 2.26. The van der Waals surface area contributed by atoms with Gasteiger partial charge in [0.2, 0.25) is 0 Å². The van der Waals surface area contributed by atoms with Crippen molar-refractivity contribution in [3.05, 3.63) is 131 Å². The van der Waals surface area contributed by atoms with Crippen molar-refractivity contribution in [2.75, 3.05) is 10.6 Å². The van der Waals surface area contributed by atoms with Crippen LogP contribution in [0.4, 0.5) is 20.2 Å². The number of nitrogens with zero attached hydrogens (tertiary/aromatic N) is 8. The predicted molar refractivity (Wildman–Crippen MR) is 173 cm³/mol. The molecule has 4 aromatic heterocycles. The third-order valence-corrected chi connectivity index (χ3v) is 7.53. The van der Waals surface area contributed by atoms with Crippen molar-refractivity contribution in [2.45, 2.75) is 19.3 Å². The number of benzene rings is 2. The van der Waals surface area contributed by atoms with E-state index in [4.69, 9.17) is 0 Å². The molecule has 0 atom stereocenters. The number of nitrogens with one attached hydrogen (secondary N) is 2. The number of anilines is 2. The Hall–Kier alpha value is -7.24. The lowest BCUT2D eigenvalue weighted by Gasteiger charge is -2.13. The molecular formula is C33H24F2N10O6. The van der Waals surface area contributed by atoms with Crippen molar-refractivity contribution in [3.63, 3.8) is 0 Å². The Kier molecular flexibility index (Phi) is 9.56. The van der Waals surface area contributed by atoms with Gasteiger partial charge in [-0.15, -0.1) is 20.4 Å². The zero-order valence-corrected chi connectivity index (χ0v) is 26.1. The second-order valence-corrected chi connectivity index (χ2v) is 10.8. The average Bonchev–Trinajstić information content (AvgIpc) is 3.86. The minimum absolute atomic E-state index is 0.0137. The van der Waals surface area contributed by atoms with Crippen LogP contribution in [0.25, 0.3) is 11.6 Å². The van der Waals surface area contributed by atoms with Crippen LogP contribution in [0.5, 0.6) is 0 Å². The Balaban J connectivity index is 1.14. The van der Waals surface area contributed by atoms with E-state index in [0.717, 1.165) is 24.3 Å². The van der Waals surface area contributed by atoms with Gasteiger partial charge in [-0.1, -0.05) is 0 Å². The van der Waals surface area contributed by atoms with E-state index >= 15 is 8.78 Å². The predicted octanol–water partition coefficient (Wildman–Crippen LogP) is 3.99. The summed E-state index contributed by atoms with van der Waals surface area (Å²) < 4.78 is 33.3. The van der Waals surface area contributed by atoms with E-state index in [1.54, 1.807) is 21.5 Å². The molecule has 16 nitrogen and oxygen atoms in total. The molecule has 4 heterocycles. The maximum absolute atomic E-state index is 15.2. The highest BCUT2D eigenvalue weighted by molar-refractivity contribution is 6.07. The zero-order chi connectivity index (χ0) is 36.1. The standard InChI is InChI=1S/C33H24F2N10O6/c34-22-14-21(33(50)51)26(38-30(46)24-4-6-28(42-40-24)44-10-8-36-16-44)13-19(22)3-1-2-18-12-20(32(48)49)27(15-23(18)35)39-31(47)25-5-7-29(43-41-25)45-11-9-37-17-45/h4-17H,1-3H2,(H,38,46)(H,39,47)(H,48,49)(H,50,51). The Morgan fingerprint density at radius 1 is 0.627 bits per heavy atom. The van der Waals surface area contributed by atoms with Gasteiger partial charge in [0.15, 0.2) is 23.0 Å². The molecule has 0 radical (unpaired) electrons. The summed E-state index contributed by atoms with van der Waals surface area (Å²) in [5, 5.41) is 39.8. The van der Waals surface area contributed by atoms with Crippen LogP contribution >= 0.6 is 0 Å². The molecular weight excluding hydrogens is 670 g/mol. The molecule has 6 aromatic rings. The SMILES string of the molecule is O=C(Nc1cc(CCCc2cc(C(=O)O)c(NC(=O)c3ccc(-n4ccnc4)nn3)cc2F)c(F)cc1C(=O)O)c1ccc(-n2ccnc2)nn1. The summed E-state index contributed by atoms with van der Waals surface area (Å²) in [4.78, 5) is 57.4. The molecule has 0 fully saturated rings. The summed E-state index contributed by atoms with van der Waals surface area (Å²) in [7, 11) is 0. The summed E-state index contributed by atoms with van der Waals surface area (Å²) >= 11 is 0.